The number of pyridine rings is 1. The van der Waals surface area contributed by atoms with Crippen LogP contribution in [0.5, 0.6) is 5.75 Å². The Morgan fingerprint density at radius 3 is 2.67 bits per heavy atom. The van der Waals surface area contributed by atoms with Gasteiger partial charge in [0.25, 0.3) is 5.91 Å². The Labute approximate surface area is 155 Å². The number of amides is 1. The fraction of sp³-hybridized carbons (Fsp3) is 0.125. The van der Waals surface area contributed by atoms with Gasteiger partial charge in [-0.15, -0.1) is 5.10 Å². The summed E-state index contributed by atoms with van der Waals surface area (Å²) in [7, 11) is -3.75. The lowest BCUT2D eigenvalue weighted by atomic mass is 10.3. The van der Waals surface area contributed by atoms with Crippen molar-refractivity contribution < 1.29 is 17.9 Å². The number of aromatic nitrogens is 4. The van der Waals surface area contributed by atoms with Gasteiger partial charge in [0, 0.05) is 6.20 Å². The summed E-state index contributed by atoms with van der Waals surface area (Å²) >= 11 is 0. The second-order valence-electron chi connectivity index (χ2n) is 5.42. The lowest BCUT2D eigenvalue weighted by molar-refractivity contribution is -0.119. The quantitative estimate of drug-likeness (QED) is 0.553. The van der Waals surface area contributed by atoms with E-state index in [1.54, 1.807) is 30.7 Å². The molecule has 10 nitrogen and oxygen atoms in total. The highest BCUT2D eigenvalue weighted by Gasteiger charge is 2.15. The molecule has 0 radical (unpaired) electrons. The molecular weight excluding hydrogens is 372 g/mol. The first kappa shape index (κ1) is 18.5. The maximum absolute atomic E-state index is 12.4. The Bertz CT molecular complexity index is 1020. The maximum atomic E-state index is 12.4. The van der Waals surface area contributed by atoms with Crippen LogP contribution in [0.3, 0.4) is 0 Å². The van der Waals surface area contributed by atoms with E-state index < -0.39 is 15.9 Å². The Morgan fingerprint density at radius 2 is 2.00 bits per heavy atom. The number of rotatable bonds is 8. The molecule has 27 heavy (non-hydrogen) atoms. The standard InChI is InChI=1S/C16H16N6O4S/c17-16(23)11-26-14-3-5-15(6-4-14)27(24,25)19-8-12-10-22(21-20-12)13-2-1-7-18-9-13/h1-7,9-10,19H,8,11H2,(H2,17,23). The minimum atomic E-state index is -3.75. The van der Waals surface area contributed by atoms with Crippen LogP contribution in [0.1, 0.15) is 5.69 Å². The number of benzene rings is 1. The molecule has 3 rings (SSSR count). The predicted octanol–water partition coefficient (Wildman–Crippen LogP) is 0.00490. The number of carbonyl (C=O) groups is 1. The van der Waals surface area contributed by atoms with Crippen molar-refractivity contribution in [2.75, 3.05) is 6.61 Å². The average Bonchev–Trinajstić information content (AvgIpc) is 3.15. The van der Waals surface area contributed by atoms with Gasteiger partial charge in [-0.25, -0.2) is 17.8 Å². The van der Waals surface area contributed by atoms with Crippen molar-refractivity contribution in [1.82, 2.24) is 24.7 Å². The van der Waals surface area contributed by atoms with Gasteiger partial charge in [-0.1, -0.05) is 5.21 Å². The lowest BCUT2D eigenvalue weighted by Gasteiger charge is -2.07. The van der Waals surface area contributed by atoms with E-state index in [1.807, 2.05) is 0 Å². The van der Waals surface area contributed by atoms with Crippen molar-refractivity contribution in [1.29, 1.82) is 0 Å². The van der Waals surface area contributed by atoms with Crippen LogP contribution in [-0.2, 0) is 21.4 Å². The molecule has 0 aliphatic heterocycles. The molecule has 1 amide bonds. The monoisotopic (exact) mass is 388 g/mol. The number of sulfonamides is 1. The highest BCUT2D eigenvalue weighted by molar-refractivity contribution is 7.89. The molecule has 0 saturated heterocycles. The summed E-state index contributed by atoms with van der Waals surface area (Å²) in [5.74, 6) is -0.278. The molecule has 0 atom stereocenters. The molecule has 0 saturated carbocycles. The average molecular weight is 388 g/mol. The highest BCUT2D eigenvalue weighted by Crippen LogP contribution is 2.16. The predicted molar refractivity (Wildman–Crippen MR) is 94.3 cm³/mol. The first-order valence-corrected chi connectivity index (χ1v) is 9.25. The van der Waals surface area contributed by atoms with Crippen LogP contribution in [0, 0.1) is 0 Å². The number of hydrogen-bond donors (Lipinski definition) is 2. The van der Waals surface area contributed by atoms with Crippen LogP contribution in [0.15, 0.2) is 59.9 Å². The fourth-order valence-electron chi connectivity index (χ4n) is 2.12. The Kier molecular flexibility index (Phi) is 5.43. The van der Waals surface area contributed by atoms with Crippen molar-refractivity contribution in [2.24, 2.45) is 5.73 Å². The SMILES string of the molecule is NC(=O)COc1ccc(S(=O)(=O)NCc2cn(-c3cccnc3)nn2)cc1. The van der Waals surface area contributed by atoms with E-state index in [4.69, 9.17) is 10.5 Å². The third-order valence-electron chi connectivity index (χ3n) is 3.41. The molecule has 2 heterocycles. The van der Waals surface area contributed by atoms with Crippen LogP contribution in [0.4, 0.5) is 0 Å². The molecule has 0 fully saturated rings. The summed E-state index contributed by atoms with van der Waals surface area (Å²) in [6.45, 7) is -0.306. The van der Waals surface area contributed by atoms with E-state index in [9.17, 15) is 13.2 Å². The lowest BCUT2D eigenvalue weighted by Crippen LogP contribution is -2.23. The van der Waals surface area contributed by atoms with Gasteiger partial charge in [-0.3, -0.25) is 9.78 Å². The zero-order chi connectivity index (χ0) is 19.3. The molecule has 2 aromatic heterocycles. The van der Waals surface area contributed by atoms with E-state index in [0.29, 0.717) is 17.1 Å². The number of nitrogens with one attached hydrogen (secondary N) is 1. The van der Waals surface area contributed by atoms with Crippen LogP contribution >= 0.6 is 0 Å². The number of ether oxygens (including phenoxy) is 1. The number of hydrogen-bond acceptors (Lipinski definition) is 7. The van der Waals surface area contributed by atoms with E-state index in [0.717, 1.165) is 0 Å². The molecule has 0 spiro atoms. The number of primary amides is 1. The summed E-state index contributed by atoms with van der Waals surface area (Å²) in [6.07, 6.45) is 4.87. The second kappa shape index (κ2) is 7.93. The number of nitrogens with two attached hydrogens (primary N) is 1. The summed E-state index contributed by atoms with van der Waals surface area (Å²) < 4.78 is 33.8. The molecule has 0 aliphatic carbocycles. The highest BCUT2D eigenvalue weighted by atomic mass is 32.2. The third-order valence-corrected chi connectivity index (χ3v) is 4.83. The Morgan fingerprint density at radius 1 is 1.22 bits per heavy atom. The van der Waals surface area contributed by atoms with Gasteiger partial charge >= 0.3 is 0 Å². The number of carbonyl (C=O) groups excluding carboxylic acids is 1. The summed E-state index contributed by atoms with van der Waals surface area (Å²) in [6, 6.07) is 9.18. The third kappa shape index (κ3) is 4.86. The largest absolute Gasteiger partial charge is 0.484 e. The fourth-order valence-corrected chi connectivity index (χ4v) is 3.12. The van der Waals surface area contributed by atoms with Crippen LogP contribution < -0.4 is 15.2 Å². The first-order valence-electron chi connectivity index (χ1n) is 7.76. The van der Waals surface area contributed by atoms with Gasteiger partial charge < -0.3 is 10.5 Å². The van der Waals surface area contributed by atoms with Gasteiger partial charge in [-0.05, 0) is 36.4 Å². The van der Waals surface area contributed by atoms with E-state index in [2.05, 4.69) is 20.0 Å². The van der Waals surface area contributed by atoms with Gasteiger partial charge in [0.2, 0.25) is 10.0 Å². The summed E-state index contributed by atoms with van der Waals surface area (Å²) in [5, 5.41) is 7.88. The maximum Gasteiger partial charge on any atom is 0.255 e. The first-order chi connectivity index (χ1) is 12.9. The molecule has 3 aromatic rings. The van der Waals surface area contributed by atoms with Gasteiger partial charge in [-0.2, -0.15) is 0 Å². The van der Waals surface area contributed by atoms with Crippen molar-refractivity contribution in [3.8, 4) is 11.4 Å². The molecule has 0 bridgehead atoms. The van der Waals surface area contributed by atoms with Gasteiger partial charge in [0.05, 0.1) is 35.2 Å². The minimum Gasteiger partial charge on any atom is -0.484 e. The van der Waals surface area contributed by atoms with E-state index in [-0.39, 0.29) is 18.0 Å². The molecule has 140 valence electrons. The number of nitrogens with zero attached hydrogens (tertiary/aromatic N) is 4. The van der Waals surface area contributed by atoms with Crippen LogP contribution in [0.25, 0.3) is 5.69 Å². The van der Waals surface area contributed by atoms with Crippen LogP contribution in [0.2, 0.25) is 0 Å². The minimum absolute atomic E-state index is 0.0253. The molecule has 3 N–H and O–H groups in total. The molecule has 1 aromatic carbocycles. The van der Waals surface area contributed by atoms with Crippen LogP contribution in [-0.4, -0.2) is 40.9 Å². The van der Waals surface area contributed by atoms with Gasteiger partial charge in [0.1, 0.15) is 5.75 Å². The molecule has 11 heteroatoms. The summed E-state index contributed by atoms with van der Waals surface area (Å²) in [4.78, 5) is 14.7. The Balaban J connectivity index is 1.63. The van der Waals surface area contributed by atoms with Crippen molar-refractivity contribution in [3.05, 3.63) is 60.7 Å². The second-order valence-corrected chi connectivity index (χ2v) is 7.18. The van der Waals surface area contributed by atoms with Gasteiger partial charge in [0.15, 0.2) is 6.61 Å². The molecule has 0 unspecified atom stereocenters. The molecule has 0 aliphatic rings. The smallest absolute Gasteiger partial charge is 0.255 e. The van der Waals surface area contributed by atoms with E-state index >= 15 is 0 Å². The normalized spacial score (nSPS) is 11.3. The molecular formula is C16H16N6O4S. The topological polar surface area (TPSA) is 142 Å². The summed E-state index contributed by atoms with van der Waals surface area (Å²) in [5.41, 5.74) is 6.15. The van der Waals surface area contributed by atoms with Crippen molar-refractivity contribution in [3.63, 3.8) is 0 Å². The van der Waals surface area contributed by atoms with Crippen molar-refractivity contribution >= 4 is 15.9 Å². The van der Waals surface area contributed by atoms with Crippen molar-refractivity contribution in [2.45, 2.75) is 11.4 Å². The van der Waals surface area contributed by atoms with E-state index in [1.165, 1.54) is 28.9 Å². The zero-order valence-electron chi connectivity index (χ0n) is 14.0. The zero-order valence-corrected chi connectivity index (χ0v) is 14.8. The Hall–Kier alpha value is -3.31.